The number of carbonyl (C=O) groups is 1. The van der Waals surface area contributed by atoms with Gasteiger partial charge in [-0.25, -0.2) is 4.39 Å². The topological polar surface area (TPSA) is 29.5 Å². The molecule has 2 aromatic carbocycles. The van der Waals surface area contributed by atoms with Crippen LogP contribution in [0.2, 0.25) is 0 Å². The Morgan fingerprint density at radius 2 is 1.71 bits per heavy atom. The van der Waals surface area contributed by atoms with Gasteiger partial charge in [0.15, 0.2) is 0 Å². The summed E-state index contributed by atoms with van der Waals surface area (Å²) in [5.41, 5.74) is -1.38. The normalized spacial score (nSPS) is 11.2. The van der Waals surface area contributed by atoms with Crippen LogP contribution in [0.4, 0.5) is 17.6 Å². The minimum absolute atomic E-state index is 0.0715. The summed E-state index contributed by atoms with van der Waals surface area (Å²) in [5, 5.41) is 0. The Morgan fingerprint density at radius 3 is 2.33 bits per heavy atom. The monoisotopic (exact) mass is 341 g/mol. The van der Waals surface area contributed by atoms with E-state index in [4.69, 9.17) is 4.74 Å². The molecule has 7 heteroatoms. The first-order chi connectivity index (χ1) is 11.3. The second kappa shape index (κ2) is 7.33. The molecule has 0 aromatic heterocycles. The SMILES string of the molecule is CN(CCOc1ccc(F)cc1)C(=O)c1ccccc1C(F)(F)F. The fraction of sp³-hybridized carbons (Fsp3) is 0.235. The van der Waals surface area contributed by atoms with Gasteiger partial charge in [0.1, 0.15) is 18.2 Å². The zero-order valence-corrected chi connectivity index (χ0v) is 12.8. The Kier molecular flexibility index (Phi) is 5.43. The molecule has 2 aromatic rings. The minimum atomic E-state index is -4.60. The largest absolute Gasteiger partial charge is 0.492 e. The first-order valence-electron chi connectivity index (χ1n) is 7.09. The van der Waals surface area contributed by atoms with Gasteiger partial charge in [-0.05, 0) is 36.4 Å². The van der Waals surface area contributed by atoms with Gasteiger partial charge in [-0.3, -0.25) is 4.79 Å². The third-order valence-corrected chi connectivity index (χ3v) is 3.32. The number of amides is 1. The summed E-state index contributed by atoms with van der Waals surface area (Å²) in [4.78, 5) is 13.4. The molecule has 24 heavy (non-hydrogen) atoms. The molecule has 0 spiro atoms. The third-order valence-electron chi connectivity index (χ3n) is 3.32. The predicted molar refractivity (Wildman–Crippen MR) is 80.3 cm³/mol. The van der Waals surface area contributed by atoms with Crippen molar-refractivity contribution in [3.8, 4) is 5.75 Å². The number of rotatable bonds is 5. The van der Waals surface area contributed by atoms with Gasteiger partial charge in [0.25, 0.3) is 5.91 Å². The molecule has 2 rings (SSSR count). The van der Waals surface area contributed by atoms with E-state index in [0.29, 0.717) is 5.75 Å². The van der Waals surface area contributed by atoms with E-state index >= 15 is 0 Å². The molecule has 0 radical (unpaired) electrons. The summed E-state index contributed by atoms with van der Waals surface area (Å²) in [6, 6.07) is 9.93. The van der Waals surface area contributed by atoms with Crippen LogP contribution < -0.4 is 4.74 Å². The molecule has 0 bridgehead atoms. The first kappa shape index (κ1) is 17.8. The molecule has 0 fully saturated rings. The number of hydrogen-bond donors (Lipinski definition) is 0. The number of carbonyl (C=O) groups excluding carboxylic acids is 1. The van der Waals surface area contributed by atoms with E-state index in [1.54, 1.807) is 0 Å². The van der Waals surface area contributed by atoms with Crippen molar-refractivity contribution in [2.45, 2.75) is 6.18 Å². The number of likely N-dealkylation sites (N-methyl/N-ethyl adjacent to an activating group) is 1. The number of nitrogens with zero attached hydrogens (tertiary/aromatic N) is 1. The average molecular weight is 341 g/mol. The lowest BCUT2D eigenvalue weighted by Crippen LogP contribution is -2.32. The molecule has 0 unspecified atom stereocenters. The zero-order chi connectivity index (χ0) is 17.7. The van der Waals surface area contributed by atoms with Crippen LogP contribution in [0.15, 0.2) is 48.5 Å². The maximum absolute atomic E-state index is 13.0. The fourth-order valence-corrected chi connectivity index (χ4v) is 2.06. The van der Waals surface area contributed by atoms with Crippen molar-refractivity contribution in [3.63, 3.8) is 0 Å². The summed E-state index contributed by atoms with van der Waals surface area (Å²) in [6.07, 6.45) is -4.60. The van der Waals surface area contributed by atoms with Gasteiger partial charge in [0.2, 0.25) is 0 Å². The van der Waals surface area contributed by atoms with E-state index in [2.05, 4.69) is 0 Å². The van der Waals surface area contributed by atoms with Crippen LogP contribution in [0, 0.1) is 5.82 Å². The molecular formula is C17H15F4NO2. The van der Waals surface area contributed by atoms with Crippen molar-refractivity contribution in [1.29, 1.82) is 0 Å². The van der Waals surface area contributed by atoms with Gasteiger partial charge >= 0.3 is 6.18 Å². The zero-order valence-electron chi connectivity index (χ0n) is 12.8. The van der Waals surface area contributed by atoms with Crippen molar-refractivity contribution in [2.75, 3.05) is 20.2 Å². The minimum Gasteiger partial charge on any atom is -0.492 e. The molecule has 0 aliphatic rings. The lowest BCUT2D eigenvalue weighted by atomic mass is 10.1. The van der Waals surface area contributed by atoms with E-state index in [9.17, 15) is 22.4 Å². The molecule has 0 heterocycles. The summed E-state index contributed by atoms with van der Waals surface area (Å²) in [6.45, 7) is 0.157. The van der Waals surface area contributed by atoms with E-state index in [1.165, 1.54) is 43.4 Å². The molecule has 0 aliphatic heterocycles. The van der Waals surface area contributed by atoms with Crippen LogP contribution in [0.5, 0.6) is 5.75 Å². The van der Waals surface area contributed by atoms with Crippen molar-refractivity contribution >= 4 is 5.91 Å². The summed E-state index contributed by atoms with van der Waals surface area (Å²) in [5.74, 6) is -0.739. The second-order valence-corrected chi connectivity index (χ2v) is 5.07. The van der Waals surface area contributed by atoms with Gasteiger partial charge < -0.3 is 9.64 Å². The average Bonchev–Trinajstić information content (AvgIpc) is 2.55. The number of halogens is 4. The number of alkyl halides is 3. The number of benzene rings is 2. The molecule has 0 saturated carbocycles. The van der Waals surface area contributed by atoms with Gasteiger partial charge in [-0.15, -0.1) is 0 Å². The highest BCUT2D eigenvalue weighted by Crippen LogP contribution is 2.32. The Labute approximate surface area is 136 Å². The van der Waals surface area contributed by atoms with Crippen LogP contribution in [0.25, 0.3) is 0 Å². The predicted octanol–water partition coefficient (Wildman–Crippen LogP) is 4.00. The summed E-state index contributed by atoms with van der Waals surface area (Å²) in [7, 11) is 1.39. The lowest BCUT2D eigenvalue weighted by molar-refractivity contribution is -0.138. The Hall–Kier alpha value is -2.57. The van der Waals surface area contributed by atoms with Crippen molar-refractivity contribution in [2.24, 2.45) is 0 Å². The molecular weight excluding hydrogens is 326 g/mol. The molecule has 0 saturated heterocycles. The van der Waals surface area contributed by atoms with Crippen LogP contribution in [0.3, 0.4) is 0 Å². The Balaban J connectivity index is 1.99. The number of ether oxygens (including phenoxy) is 1. The molecule has 0 atom stereocenters. The quantitative estimate of drug-likeness (QED) is 0.770. The summed E-state index contributed by atoms with van der Waals surface area (Å²) < 4.78 is 57.0. The van der Waals surface area contributed by atoms with Crippen LogP contribution in [-0.4, -0.2) is 31.0 Å². The van der Waals surface area contributed by atoms with Gasteiger partial charge in [-0.1, -0.05) is 12.1 Å². The van der Waals surface area contributed by atoms with Crippen LogP contribution >= 0.6 is 0 Å². The molecule has 0 N–H and O–H groups in total. The van der Waals surface area contributed by atoms with E-state index in [1.807, 2.05) is 0 Å². The highest BCUT2D eigenvalue weighted by molar-refractivity contribution is 5.95. The van der Waals surface area contributed by atoms with Crippen LogP contribution in [0.1, 0.15) is 15.9 Å². The Bertz CT molecular complexity index is 698. The first-order valence-corrected chi connectivity index (χ1v) is 7.09. The maximum atomic E-state index is 13.0. The van der Waals surface area contributed by atoms with E-state index < -0.39 is 29.0 Å². The highest BCUT2D eigenvalue weighted by Gasteiger charge is 2.35. The smallest absolute Gasteiger partial charge is 0.417 e. The molecule has 0 aliphatic carbocycles. The maximum Gasteiger partial charge on any atom is 0.417 e. The van der Waals surface area contributed by atoms with Crippen LogP contribution in [-0.2, 0) is 6.18 Å². The van der Waals surface area contributed by atoms with Gasteiger partial charge in [-0.2, -0.15) is 13.2 Å². The van der Waals surface area contributed by atoms with Crippen molar-refractivity contribution < 1.29 is 27.1 Å². The van der Waals surface area contributed by atoms with Crippen molar-refractivity contribution in [3.05, 3.63) is 65.5 Å². The Morgan fingerprint density at radius 1 is 1.08 bits per heavy atom. The molecule has 1 amide bonds. The van der Waals surface area contributed by atoms with Gasteiger partial charge in [0, 0.05) is 7.05 Å². The lowest BCUT2D eigenvalue weighted by Gasteiger charge is -2.20. The highest BCUT2D eigenvalue weighted by atomic mass is 19.4. The summed E-state index contributed by atoms with van der Waals surface area (Å²) >= 11 is 0. The van der Waals surface area contributed by atoms with E-state index in [-0.39, 0.29) is 13.2 Å². The molecule has 128 valence electrons. The van der Waals surface area contributed by atoms with Gasteiger partial charge in [0.05, 0.1) is 17.7 Å². The van der Waals surface area contributed by atoms with Crippen molar-refractivity contribution in [1.82, 2.24) is 4.90 Å². The third kappa shape index (κ3) is 4.47. The standard InChI is InChI=1S/C17H15F4NO2/c1-22(10-11-24-13-8-6-12(18)7-9-13)16(23)14-4-2-3-5-15(14)17(19,20)21/h2-9H,10-11H2,1H3. The molecule has 3 nitrogen and oxygen atoms in total. The fourth-order valence-electron chi connectivity index (χ4n) is 2.06. The van der Waals surface area contributed by atoms with E-state index in [0.717, 1.165) is 17.0 Å². The second-order valence-electron chi connectivity index (χ2n) is 5.07. The number of hydrogen-bond acceptors (Lipinski definition) is 2.